The Morgan fingerprint density at radius 3 is 2.24 bits per heavy atom. The number of amides is 1. The van der Waals surface area contributed by atoms with E-state index < -0.39 is 5.41 Å². The lowest BCUT2D eigenvalue weighted by Crippen LogP contribution is -2.30. The highest BCUT2D eigenvalue weighted by Gasteiger charge is 2.46. The Hall–Kier alpha value is -1.64. The van der Waals surface area contributed by atoms with Crippen molar-refractivity contribution < 1.29 is 9.59 Å². The Morgan fingerprint density at radius 2 is 1.76 bits per heavy atom. The van der Waals surface area contributed by atoms with Gasteiger partial charge in [-0.15, -0.1) is 0 Å². The Labute approximate surface area is 101 Å². The van der Waals surface area contributed by atoms with Crippen LogP contribution in [0, 0.1) is 5.41 Å². The summed E-state index contributed by atoms with van der Waals surface area (Å²) in [4.78, 5) is 25.4. The fourth-order valence-corrected chi connectivity index (χ4v) is 2.21. The molecule has 1 aromatic rings. The van der Waals surface area contributed by atoms with Crippen molar-refractivity contribution in [1.82, 2.24) is 4.90 Å². The molecule has 1 fully saturated rings. The van der Waals surface area contributed by atoms with Crippen LogP contribution in [0.25, 0.3) is 0 Å². The van der Waals surface area contributed by atoms with Gasteiger partial charge in [0.15, 0.2) is 0 Å². The normalized spacial score (nSPS) is 20.8. The molecule has 0 saturated carbocycles. The van der Waals surface area contributed by atoms with Crippen molar-refractivity contribution >= 4 is 11.7 Å². The fraction of sp³-hybridized carbons (Fsp3) is 0.429. The number of rotatable bonds is 2. The van der Waals surface area contributed by atoms with Crippen LogP contribution in [0.15, 0.2) is 30.3 Å². The number of carbonyl (C=O) groups is 2. The first-order chi connectivity index (χ1) is 7.93. The number of ketones is 1. The van der Waals surface area contributed by atoms with Crippen molar-refractivity contribution in [1.29, 1.82) is 0 Å². The topological polar surface area (TPSA) is 37.4 Å². The highest BCUT2D eigenvalue weighted by Crippen LogP contribution is 2.32. The van der Waals surface area contributed by atoms with Gasteiger partial charge >= 0.3 is 0 Å². The largest absolute Gasteiger partial charge is 0.328 e. The second-order valence-corrected chi connectivity index (χ2v) is 5.23. The quantitative estimate of drug-likeness (QED) is 0.732. The maximum atomic E-state index is 11.9. The standard InChI is InChI=1S/C14H17NO2/c1-10(11-7-5-4-6-8-11)15-9-14(2,3)12(16)13(15)17/h4-8,10H,9H2,1-3H3/t10-/m1/s1. The Kier molecular flexibility index (Phi) is 2.77. The van der Waals surface area contributed by atoms with Gasteiger partial charge in [0.05, 0.1) is 11.5 Å². The summed E-state index contributed by atoms with van der Waals surface area (Å²) in [5.74, 6) is -0.633. The van der Waals surface area contributed by atoms with Crippen molar-refractivity contribution in [3.8, 4) is 0 Å². The highest BCUT2D eigenvalue weighted by molar-refractivity contribution is 6.40. The number of hydrogen-bond acceptors (Lipinski definition) is 2. The van der Waals surface area contributed by atoms with E-state index in [1.54, 1.807) is 4.90 Å². The summed E-state index contributed by atoms with van der Waals surface area (Å²) < 4.78 is 0. The summed E-state index contributed by atoms with van der Waals surface area (Å²) in [6, 6.07) is 9.74. The van der Waals surface area contributed by atoms with Crippen molar-refractivity contribution in [2.45, 2.75) is 26.8 Å². The molecule has 0 N–H and O–H groups in total. The minimum atomic E-state index is -0.555. The number of likely N-dealkylation sites (tertiary alicyclic amines) is 1. The molecule has 1 atom stereocenters. The smallest absolute Gasteiger partial charge is 0.291 e. The molecule has 1 amide bonds. The third kappa shape index (κ3) is 1.97. The van der Waals surface area contributed by atoms with Crippen LogP contribution in [-0.4, -0.2) is 23.1 Å². The number of hydrogen-bond donors (Lipinski definition) is 0. The Balaban J connectivity index is 2.26. The molecule has 90 valence electrons. The summed E-state index contributed by atoms with van der Waals surface area (Å²) in [5.41, 5.74) is 0.506. The van der Waals surface area contributed by atoms with Crippen LogP contribution in [-0.2, 0) is 9.59 Å². The predicted molar refractivity (Wildman–Crippen MR) is 65.4 cm³/mol. The molecular weight excluding hydrogens is 214 g/mol. The molecule has 2 rings (SSSR count). The molecule has 0 unspecified atom stereocenters. The van der Waals surface area contributed by atoms with Gasteiger partial charge in [0.2, 0.25) is 5.78 Å². The molecule has 1 aromatic carbocycles. The van der Waals surface area contributed by atoms with Crippen LogP contribution in [0.3, 0.4) is 0 Å². The van der Waals surface area contributed by atoms with Crippen LogP contribution in [0.1, 0.15) is 32.4 Å². The van der Waals surface area contributed by atoms with Gasteiger partial charge in [0.25, 0.3) is 5.91 Å². The van der Waals surface area contributed by atoms with Crippen molar-refractivity contribution in [3.05, 3.63) is 35.9 Å². The predicted octanol–water partition coefficient (Wildman–Crippen LogP) is 2.19. The first kappa shape index (κ1) is 11.8. The summed E-state index contributed by atoms with van der Waals surface area (Å²) in [6.07, 6.45) is 0. The van der Waals surface area contributed by atoms with Crippen molar-refractivity contribution in [3.63, 3.8) is 0 Å². The van der Waals surface area contributed by atoms with E-state index >= 15 is 0 Å². The third-order valence-corrected chi connectivity index (χ3v) is 3.38. The van der Waals surface area contributed by atoms with Crippen molar-refractivity contribution in [2.75, 3.05) is 6.54 Å². The fourth-order valence-electron chi connectivity index (χ4n) is 2.21. The molecule has 17 heavy (non-hydrogen) atoms. The minimum Gasteiger partial charge on any atom is -0.328 e. The van der Waals surface area contributed by atoms with Gasteiger partial charge in [-0.1, -0.05) is 44.2 Å². The lowest BCUT2D eigenvalue weighted by atomic mass is 9.91. The lowest BCUT2D eigenvalue weighted by molar-refractivity contribution is -0.142. The minimum absolute atomic E-state index is 0.0468. The molecule has 0 bridgehead atoms. The van der Waals surface area contributed by atoms with E-state index in [-0.39, 0.29) is 17.7 Å². The second kappa shape index (κ2) is 3.99. The number of benzene rings is 1. The van der Waals surface area contributed by atoms with Crippen LogP contribution >= 0.6 is 0 Å². The monoisotopic (exact) mass is 231 g/mol. The van der Waals surface area contributed by atoms with E-state index in [0.717, 1.165) is 5.56 Å². The van der Waals surface area contributed by atoms with Gasteiger partial charge in [0, 0.05) is 6.54 Å². The van der Waals surface area contributed by atoms with Gasteiger partial charge in [-0.2, -0.15) is 0 Å². The van der Waals surface area contributed by atoms with Gasteiger partial charge in [-0.05, 0) is 12.5 Å². The molecule has 1 aliphatic heterocycles. The molecule has 0 radical (unpaired) electrons. The molecule has 1 saturated heterocycles. The second-order valence-electron chi connectivity index (χ2n) is 5.23. The third-order valence-electron chi connectivity index (χ3n) is 3.38. The molecule has 3 heteroatoms. The van der Waals surface area contributed by atoms with E-state index in [9.17, 15) is 9.59 Å². The zero-order valence-corrected chi connectivity index (χ0v) is 10.4. The number of nitrogens with zero attached hydrogens (tertiary/aromatic N) is 1. The van der Waals surface area contributed by atoms with Crippen LogP contribution < -0.4 is 0 Å². The van der Waals surface area contributed by atoms with Gasteiger partial charge in [-0.3, -0.25) is 9.59 Å². The first-order valence-corrected chi connectivity index (χ1v) is 5.84. The molecule has 1 heterocycles. The number of carbonyl (C=O) groups excluding carboxylic acids is 2. The SMILES string of the molecule is C[C@H](c1ccccc1)N1CC(C)(C)C(=O)C1=O. The van der Waals surface area contributed by atoms with Gasteiger partial charge in [0.1, 0.15) is 0 Å². The average Bonchev–Trinajstić information content (AvgIpc) is 2.53. The molecule has 0 aromatic heterocycles. The summed E-state index contributed by atoms with van der Waals surface area (Å²) in [5, 5.41) is 0. The number of Topliss-reactive ketones (excluding diaryl/α,β-unsaturated/α-hetero) is 1. The Bertz CT molecular complexity index is 451. The molecule has 3 nitrogen and oxygen atoms in total. The molecule has 0 spiro atoms. The van der Waals surface area contributed by atoms with Crippen LogP contribution in [0.2, 0.25) is 0 Å². The summed E-state index contributed by atoms with van der Waals surface area (Å²) in [7, 11) is 0. The van der Waals surface area contributed by atoms with E-state index in [2.05, 4.69) is 0 Å². The van der Waals surface area contributed by atoms with E-state index in [0.29, 0.717) is 6.54 Å². The first-order valence-electron chi connectivity index (χ1n) is 5.84. The van der Waals surface area contributed by atoms with Gasteiger partial charge in [-0.25, -0.2) is 0 Å². The average molecular weight is 231 g/mol. The maximum absolute atomic E-state index is 11.9. The van der Waals surface area contributed by atoms with E-state index in [4.69, 9.17) is 0 Å². The van der Waals surface area contributed by atoms with E-state index in [1.165, 1.54) is 0 Å². The zero-order chi connectivity index (χ0) is 12.6. The molecule has 0 aliphatic carbocycles. The Morgan fingerprint density at radius 1 is 1.18 bits per heavy atom. The summed E-state index contributed by atoms with van der Waals surface area (Å²) in [6.45, 7) is 6.11. The summed E-state index contributed by atoms with van der Waals surface area (Å²) >= 11 is 0. The van der Waals surface area contributed by atoms with Crippen LogP contribution in [0.4, 0.5) is 0 Å². The molecular formula is C14H17NO2. The van der Waals surface area contributed by atoms with Gasteiger partial charge < -0.3 is 4.90 Å². The van der Waals surface area contributed by atoms with E-state index in [1.807, 2.05) is 51.1 Å². The van der Waals surface area contributed by atoms with Crippen molar-refractivity contribution in [2.24, 2.45) is 5.41 Å². The molecule has 1 aliphatic rings. The highest BCUT2D eigenvalue weighted by atomic mass is 16.2. The zero-order valence-electron chi connectivity index (χ0n) is 10.4. The van der Waals surface area contributed by atoms with Crippen LogP contribution in [0.5, 0.6) is 0 Å². The lowest BCUT2D eigenvalue weighted by Gasteiger charge is -2.25. The maximum Gasteiger partial charge on any atom is 0.291 e.